The van der Waals surface area contributed by atoms with Crippen LogP contribution in [0.1, 0.15) is 31.8 Å². The molecule has 2 aliphatic heterocycles. The van der Waals surface area contributed by atoms with Gasteiger partial charge in [-0.15, -0.1) is 0 Å². The summed E-state index contributed by atoms with van der Waals surface area (Å²) in [5.41, 5.74) is 2.72. The highest BCUT2D eigenvalue weighted by atomic mass is 127. The van der Waals surface area contributed by atoms with Crippen molar-refractivity contribution in [3.05, 3.63) is 112 Å². The van der Waals surface area contributed by atoms with Crippen molar-refractivity contribution < 1.29 is 36.6 Å². The number of carbonyl (C=O) groups is 2. The fourth-order valence-electron chi connectivity index (χ4n) is 6.06. The fraction of sp³-hybridized carbons (Fsp3) is 0.350. The van der Waals surface area contributed by atoms with Crippen LogP contribution >= 0.6 is 61.1 Å². The van der Waals surface area contributed by atoms with E-state index in [-0.39, 0.29) is 27.0 Å². The van der Waals surface area contributed by atoms with Crippen LogP contribution < -0.4 is 21.3 Å². The lowest BCUT2D eigenvalue weighted by molar-refractivity contribution is 0.0382. The predicted octanol–water partition coefficient (Wildman–Crippen LogP) is 8.13. The molecule has 0 aromatic heterocycles. The molecule has 4 aromatic carbocycles. The highest BCUT2D eigenvalue weighted by Crippen LogP contribution is 2.33. The van der Waals surface area contributed by atoms with Gasteiger partial charge < -0.3 is 30.7 Å². The van der Waals surface area contributed by atoms with E-state index in [1.165, 1.54) is 12.1 Å². The number of anilines is 4. The summed E-state index contributed by atoms with van der Waals surface area (Å²) < 4.78 is 69.8. The van der Waals surface area contributed by atoms with Gasteiger partial charge in [0.1, 0.15) is 0 Å². The number of carbonyl (C=O) groups excluding carboxylic acids is 2. The lowest BCUT2D eigenvalue weighted by atomic mass is 10.1. The molecule has 4 N–H and O–H groups in total. The van der Waals surface area contributed by atoms with E-state index >= 15 is 0 Å². The number of aryl methyl sites for hydroxylation is 2. The van der Waals surface area contributed by atoms with Crippen molar-refractivity contribution in [2.45, 2.75) is 13.8 Å². The molecule has 57 heavy (non-hydrogen) atoms. The number of halogens is 7. The summed E-state index contributed by atoms with van der Waals surface area (Å²) in [6.07, 6.45) is 0. The molecule has 2 aliphatic rings. The third kappa shape index (κ3) is 12.7. The quantitative estimate of drug-likeness (QED) is 0.0641. The second-order valence-electron chi connectivity index (χ2n) is 13.3. The van der Waals surface area contributed by atoms with Gasteiger partial charge in [-0.3, -0.25) is 19.4 Å². The fourth-order valence-corrected chi connectivity index (χ4v) is 7.75. The Bertz CT molecular complexity index is 2050. The van der Waals surface area contributed by atoms with Crippen molar-refractivity contribution in [1.82, 2.24) is 20.4 Å². The van der Waals surface area contributed by atoms with Crippen molar-refractivity contribution >= 4 is 95.7 Å². The largest absolute Gasteiger partial charge is 0.379 e. The minimum atomic E-state index is -1.10. The first-order valence-corrected chi connectivity index (χ1v) is 21.2. The zero-order chi connectivity index (χ0) is 41.1. The zero-order valence-electron chi connectivity index (χ0n) is 31.4. The van der Waals surface area contributed by atoms with Crippen LogP contribution in [0.25, 0.3) is 0 Å². The summed E-state index contributed by atoms with van der Waals surface area (Å²) >= 11 is 7.35. The minimum Gasteiger partial charge on any atom is -0.379 e. The molecule has 2 heterocycles. The number of nitrogens with one attached hydrogen (secondary N) is 4. The van der Waals surface area contributed by atoms with Crippen LogP contribution in [-0.2, 0) is 9.47 Å². The summed E-state index contributed by atoms with van der Waals surface area (Å²) in [7, 11) is 0. The predicted molar refractivity (Wildman–Crippen MR) is 234 cm³/mol. The Labute approximate surface area is 365 Å². The van der Waals surface area contributed by atoms with Crippen molar-refractivity contribution in [2.24, 2.45) is 0 Å². The first-order valence-electron chi connectivity index (χ1n) is 18.2. The maximum Gasteiger partial charge on any atom is 0.253 e. The molecule has 4 aromatic rings. The number of rotatable bonds is 12. The van der Waals surface area contributed by atoms with Gasteiger partial charge in [-0.1, -0.05) is 0 Å². The van der Waals surface area contributed by atoms with E-state index in [9.17, 15) is 27.2 Å². The monoisotopic (exact) mass is 1080 g/mol. The molecule has 306 valence electrons. The first kappa shape index (κ1) is 45.0. The van der Waals surface area contributed by atoms with E-state index in [4.69, 9.17) is 9.47 Å². The number of benzene rings is 4. The standard InChI is InChI=1S/C20H21BrF2IN3O2.C20H22F2IN3O2/c1-12-10-13(24)2-3-16(12)26-19-14(11-15(21)17(22)18(19)23)20(28)25-4-5-27-6-8-29-9-7-27;1-13-12-14(23)2-5-17(13)25-19-15(3-4-16(21)18(19)22)20(27)24-6-7-26-8-10-28-11-9-26/h2-3,10-11,26H,4-9H2,1H3,(H,25,28);2-5,12,25H,6-11H2,1H3,(H,24,27). The van der Waals surface area contributed by atoms with E-state index in [0.29, 0.717) is 64.0 Å². The maximum atomic E-state index is 14.7. The number of nitrogens with zero attached hydrogens (tertiary/aromatic N) is 2. The van der Waals surface area contributed by atoms with E-state index in [1.807, 2.05) is 38.1 Å². The molecule has 0 saturated carbocycles. The first-order chi connectivity index (χ1) is 27.3. The van der Waals surface area contributed by atoms with Gasteiger partial charge in [0.05, 0.1) is 53.4 Å². The molecule has 0 bridgehead atoms. The highest BCUT2D eigenvalue weighted by Gasteiger charge is 2.23. The minimum absolute atomic E-state index is 0.0377. The molecule has 17 heteroatoms. The number of morpholine rings is 2. The Balaban J connectivity index is 0.000000218. The van der Waals surface area contributed by atoms with Crippen LogP contribution in [0.5, 0.6) is 0 Å². The SMILES string of the molecule is Cc1cc(I)ccc1Nc1c(C(=O)NCCN2CCOCC2)cc(Br)c(F)c1F.Cc1cc(I)ccc1Nc1c(C(=O)NCCN2CCOCC2)ccc(F)c1F. The Morgan fingerprint density at radius 1 is 0.649 bits per heavy atom. The molecule has 2 fully saturated rings. The highest BCUT2D eigenvalue weighted by molar-refractivity contribution is 14.1. The van der Waals surface area contributed by atoms with E-state index in [2.05, 4.69) is 92.2 Å². The molecular weight excluding hydrogens is 1040 g/mol. The van der Waals surface area contributed by atoms with Gasteiger partial charge in [0.2, 0.25) is 0 Å². The van der Waals surface area contributed by atoms with Gasteiger partial charge in [0, 0.05) is 70.9 Å². The Hall–Kier alpha value is -3.08. The molecule has 0 unspecified atom stereocenters. The lowest BCUT2D eigenvalue weighted by Gasteiger charge is -2.26. The maximum absolute atomic E-state index is 14.7. The number of hydrogen-bond donors (Lipinski definition) is 4. The Morgan fingerprint density at radius 3 is 1.58 bits per heavy atom. The summed E-state index contributed by atoms with van der Waals surface area (Å²) in [4.78, 5) is 29.7. The van der Waals surface area contributed by atoms with Crippen molar-refractivity contribution in [1.29, 1.82) is 0 Å². The second-order valence-corrected chi connectivity index (χ2v) is 16.6. The number of ether oxygens (including phenoxy) is 2. The molecular formula is C40H43BrF4I2N6O4. The van der Waals surface area contributed by atoms with E-state index < -0.39 is 35.1 Å². The molecule has 0 radical (unpaired) electrons. The van der Waals surface area contributed by atoms with Gasteiger partial charge >= 0.3 is 0 Å². The Morgan fingerprint density at radius 2 is 1.11 bits per heavy atom. The summed E-state index contributed by atoms with van der Waals surface area (Å²) in [5.74, 6) is -5.13. The average Bonchev–Trinajstić information content (AvgIpc) is 3.19. The molecule has 0 spiro atoms. The van der Waals surface area contributed by atoms with Gasteiger partial charge in [-0.05, 0) is 141 Å². The van der Waals surface area contributed by atoms with Crippen LogP contribution in [0.3, 0.4) is 0 Å². The third-order valence-electron chi connectivity index (χ3n) is 9.28. The van der Waals surface area contributed by atoms with E-state index in [0.717, 1.165) is 50.5 Å². The lowest BCUT2D eigenvalue weighted by Crippen LogP contribution is -2.41. The van der Waals surface area contributed by atoms with Crippen LogP contribution in [-0.4, -0.2) is 100 Å². The van der Waals surface area contributed by atoms with Gasteiger partial charge in [-0.2, -0.15) is 0 Å². The smallest absolute Gasteiger partial charge is 0.253 e. The van der Waals surface area contributed by atoms with Crippen LogP contribution in [0.4, 0.5) is 40.3 Å². The molecule has 10 nitrogen and oxygen atoms in total. The van der Waals surface area contributed by atoms with Gasteiger partial charge in [0.15, 0.2) is 23.3 Å². The Kier molecular flexibility index (Phi) is 17.2. The summed E-state index contributed by atoms with van der Waals surface area (Å²) in [6, 6.07) is 14.7. The third-order valence-corrected chi connectivity index (χ3v) is 11.2. The van der Waals surface area contributed by atoms with Crippen LogP contribution in [0, 0.1) is 44.3 Å². The molecule has 6 rings (SSSR count). The number of amides is 2. The molecule has 2 saturated heterocycles. The average molecular weight is 1080 g/mol. The molecule has 2 amide bonds. The topological polar surface area (TPSA) is 107 Å². The van der Waals surface area contributed by atoms with Crippen molar-refractivity contribution in [2.75, 3.05) is 89.4 Å². The normalized spacial score (nSPS) is 14.7. The number of hydrogen-bond acceptors (Lipinski definition) is 8. The molecule has 0 atom stereocenters. The zero-order valence-corrected chi connectivity index (χ0v) is 37.3. The van der Waals surface area contributed by atoms with Crippen LogP contribution in [0.2, 0.25) is 0 Å². The molecule has 0 aliphatic carbocycles. The van der Waals surface area contributed by atoms with Gasteiger partial charge in [-0.25, -0.2) is 17.6 Å². The summed E-state index contributed by atoms with van der Waals surface area (Å²) in [5, 5.41) is 11.4. The van der Waals surface area contributed by atoms with E-state index in [1.54, 1.807) is 12.1 Å². The van der Waals surface area contributed by atoms with Gasteiger partial charge in [0.25, 0.3) is 11.8 Å². The summed E-state index contributed by atoms with van der Waals surface area (Å²) in [6.45, 7) is 11.9. The van der Waals surface area contributed by atoms with Crippen molar-refractivity contribution in [3.8, 4) is 0 Å². The van der Waals surface area contributed by atoms with Crippen molar-refractivity contribution in [3.63, 3.8) is 0 Å². The van der Waals surface area contributed by atoms with Crippen LogP contribution in [0.15, 0.2) is 59.1 Å². The second kappa shape index (κ2) is 21.8.